The van der Waals surface area contributed by atoms with Crippen LogP contribution in [0.3, 0.4) is 0 Å². The van der Waals surface area contributed by atoms with Crippen molar-refractivity contribution in [2.75, 3.05) is 6.54 Å². The molecule has 1 fully saturated rings. The molecule has 0 atom stereocenters. The molecule has 0 saturated heterocycles. The van der Waals surface area contributed by atoms with Gasteiger partial charge in [0.2, 0.25) is 0 Å². The highest BCUT2D eigenvalue weighted by molar-refractivity contribution is 4.95. The molecule has 1 saturated carbocycles. The summed E-state index contributed by atoms with van der Waals surface area (Å²) in [5, 5.41) is 8.89. The van der Waals surface area contributed by atoms with Crippen LogP contribution in [0.25, 0.3) is 0 Å². The number of nitrogens with two attached hydrogens (primary N) is 1. The van der Waals surface area contributed by atoms with E-state index in [-0.39, 0.29) is 19.4 Å². The third-order valence-electron chi connectivity index (χ3n) is 2.35. The number of aliphatic hydroxyl groups is 1. The molecule has 1 aliphatic rings. The second-order valence-corrected chi connectivity index (χ2v) is 3.56. The molecule has 0 unspecified atom stereocenters. The molecule has 0 amide bonds. The molecule has 0 aromatic heterocycles. The smallest absolute Gasteiger partial charge is 0.389 e. The minimum atomic E-state index is -4.17. The second-order valence-electron chi connectivity index (χ2n) is 3.56. The van der Waals surface area contributed by atoms with E-state index in [9.17, 15) is 13.2 Å². The largest absolute Gasteiger partial charge is 0.393 e. The van der Waals surface area contributed by atoms with Crippen molar-refractivity contribution in [3.8, 4) is 0 Å². The van der Waals surface area contributed by atoms with Crippen LogP contribution >= 0.6 is 0 Å². The predicted molar refractivity (Wildman–Crippen MR) is 37.4 cm³/mol. The Morgan fingerprint density at radius 3 is 2.17 bits per heavy atom. The summed E-state index contributed by atoms with van der Waals surface area (Å²) < 4.78 is 35.8. The molecule has 12 heavy (non-hydrogen) atoms. The van der Waals surface area contributed by atoms with Gasteiger partial charge in [0, 0.05) is 0 Å². The number of halogens is 3. The van der Waals surface area contributed by atoms with Crippen molar-refractivity contribution in [2.45, 2.75) is 31.5 Å². The lowest BCUT2D eigenvalue weighted by atomic mass is 9.65. The second kappa shape index (κ2) is 2.88. The van der Waals surface area contributed by atoms with E-state index in [0.717, 1.165) is 0 Å². The lowest BCUT2D eigenvalue weighted by molar-refractivity contribution is -0.181. The number of hydrogen-bond acceptors (Lipinski definition) is 2. The zero-order valence-electron chi connectivity index (χ0n) is 6.56. The van der Waals surface area contributed by atoms with Gasteiger partial charge in [-0.3, -0.25) is 0 Å². The van der Waals surface area contributed by atoms with Gasteiger partial charge in [-0.15, -0.1) is 0 Å². The van der Waals surface area contributed by atoms with Crippen molar-refractivity contribution in [1.29, 1.82) is 0 Å². The number of alkyl halides is 3. The first-order valence-corrected chi connectivity index (χ1v) is 3.82. The van der Waals surface area contributed by atoms with E-state index in [1.807, 2.05) is 0 Å². The molecule has 0 spiro atoms. The molecular formula is C7H12F3NO. The molecule has 0 aromatic carbocycles. The highest BCUT2D eigenvalue weighted by atomic mass is 19.4. The zero-order chi connectivity index (χ0) is 9.41. The van der Waals surface area contributed by atoms with E-state index in [1.54, 1.807) is 0 Å². The fourth-order valence-electron chi connectivity index (χ4n) is 1.75. The van der Waals surface area contributed by atoms with E-state index < -0.39 is 24.1 Å². The Morgan fingerprint density at radius 2 is 1.92 bits per heavy atom. The van der Waals surface area contributed by atoms with Crippen molar-refractivity contribution in [2.24, 2.45) is 11.1 Å². The maximum absolute atomic E-state index is 11.9. The highest BCUT2D eigenvalue weighted by Crippen LogP contribution is 2.47. The van der Waals surface area contributed by atoms with E-state index in [0.29, 0.717) is 0 Å². The standard InChI is InChI=1S/C7H12F3NO/c8-7(9,10)3-6(4-11)1-5(12)2-6/h5,12H,1-4,11H2. The summed E-state index contributed by atoms with van der Waals surface area (Å²) in [5.41, 5.74) is 4.35. The van der Waals surface area contributed by atoms with Gasteiger partial charge in [0.05, 0.1) is 12.5 Å². The highest BCUT2D eigenvalue weighted by Gasteiger charge is 2.49. The number of aliphatic hydroxyl groups excluding tert-OH is 1. The topological polar surface area (TPSA) is 46.2 Å². The van der Waals surface area contributed by atoms with Gasteiger partial charge < -0.3 is 10.8 Å². The summed E-state index contributed by atoms with van der Waals surface area (Å²) in [6.07, 6.45) is -5.25. The molecule has 3 N–H and O–H groups in total. The zero-order valence-corrected chi connectivity index (χ0v) is 6.56. The van der Waals surface area contributed by atoms with Crippen LogP contribution in [0.4, 0.5) is 13.2 Å². The fourth-order valence-corrected chi connectivity index (χ4v) is 1.75. The van der Waals surface area contributed by atoms with Gasteiger partial charge in [-0.05, 0) is 24.8 Å². The van der Waals surface area contributed by atoms with Crippen LogP contribution in [0.15, 0.2) is 0 Å². The van der Waals surface area contributed by atoms with Gasteiger partial charge in [0.25, 0.3) is 0 Å². The Kier molecular flexibility index (Phi) is 2.35. The van der Waals surface area contributed by atoms with Crippen LogP contribution in [0.2, 0.25) is 0 Å². The Hall–Kier alpha value is -0.290. The maximum Gasteiger partial charge on any atom is 0.389 e. The summed E-state index contributed by atoms with van der Waals surface area (Å²) in [6, 6.07) is 0. The van der Waals surface area contributed by atoms with Crippen molar-refractivity contribution < 1.29 is 18.3 Å². The maximum atomic E-state index is 11.9. The Balaban J connectivity index is 2.48. The summed E-state index contributed by atoms with van der Waals surface area (Å²) >= 11 is 0. The summed E-state index contributed by atoms with van der Waals surface area (Å²) in [6.45, 7) is 0.00354. The van der Waals surface area contributed by atoms with Gasteiger partial charge in [-0.2, -0.15) is 13.2 Å². The lowest BCUT2D eigenvalue weighted by Gasteiger charge is -2.45. The molecule has 0 heterocycles. The predicted octanol–water partition coefficient (Wildman–Crippen LogP) is 1.04. The Morgan fingerprint density at radius 1 is 1.42 bits per heavy atom. The molecular weight excluding hydrogens is 171 g/mol. The molecule has 0 bridgehead atoms. The molecule has 0 aliphatic heterocycles. The summed E-state index contributed by atoms with van der Waals surface area (Å²) in [7, 11) is 0. The Bertz CT molecular complexity index is 163. The summed E-state index contributed by atoms with van der Waals surface area (Å²) in [4.78, 5) is 0. The SMILES string of the molecule is NCC1(CC(F)(F)F)CC(O)C1. The van der Waals surface area contributed by atoms with E-state index >= 15 is 0 Å². The van der Waals surface area contributed by atoms with Crippen LogP contribution in [0.1, 0.15) is 19.3 Å². The Labute approximate surface area is 68.6 Å². The van der Waals surface area contributed by atoms with Gasteiger partial charge in [-0.1, -0.05) is 0 Å². The molecule has 0 radical (unpaired) electrons. The van der Waals surface area contributed by atoms with Crippen molar-refractivity contribution in [3.05, 3.63) is 0 Å². The van der Waals surface area contributed by atoms with Crippen molar-refractivity contribution in [1.82, 2.24) is 0 Å². The van der Waals surface area contributed by atoms with Gasteiger partial charge >= 0.3 is 6.18 Å². The van der Waals surface area contributed by atoms with Crippen LogP contribution < -0.4 is 5.73 Å². The van der Waals surface area contributed by atoms with Crippen LogP contribution in [-0.4, -0.2) is 23.9 Å². The van der Waals surface area contributed by atoms with Crippen LogP contribution in [0.5, 0.6) is 0 Å². The first kappa shape index (κ1) is 9.80. The normalized spacial score (nSPS) is 36.2. The third kappa shape index (κ3) is 2.10. The molecule has 0 aromatic rings. The quantitative estimate of drug-likeness (QED) is 0.671. The lowest BCUT2D eigenvalue weighted by Crippen LogP contribution is -2.48. The van der Waals surface area contributed by atoms with Crippen molar-refractivity contribution >= 4 is 0 Å². The summed E-state index contributed by atoms with van der Waals surface area (Å²) in [5.74, 6) is 0. The minimum Gasteiger partial charge on any atom is -0.393 e. The monoisotopic (exact) mass is 183 g/mol. The fraction of sp³-hybridized carbons (Fsp3) is 1.00. The molecule has 1 rings (SSSR count). The van der Waals surface area contributed by atoms with Gasteiger partial charge in [0.15, 0.2) is 0 Å². The molecule has 72 valence electrons. The average molecular weight is 183 g/mol. The van der Waals surface area contributed by atoms with Gasteiger partial charge in [-0.25, -0.2) is 0 Å². The van der Waals surface area contributed by atoms with Gasteiger partial charge in [0.1, 0.15) is 0 Å². The minimum absolute atomic E-state index is 0.00354. The van der Waals surface area contributed by atoms with E-state index in [1.165, 1.54) is 0 Å². The van der Waals surface area contributed by atoms with Crippen molar-refractivity contribution in [3.63, 3.8) is 0 Å². The molecule has 1 aliphatic carbocycles. The molecule has 2 nitrogen and oxygen atoms in total. The third-order valence-corrected chi connectivity index (χ3v) is 2.35. The molecule has 5 heteroatoms. The first-order chi connectivity index (χ1) is 5.37. The number of hydrogen-bond donors (Lipinski definition) is 2. The van der Waals surface area contributed by atoms with Crippen LogP contribution in [0, 0.1) is 5.41 Å². The first-order valence-electron chi connectivity index (χ1n) is 3.82. The van der Waals surface area contributed by atoms with E-state index in [4.69, 9.17) is 10.8 Å². The van der Waals surface area contributed by atoms with E-state index in [2.05, 4.69) is 0 Å². The average Bonchev–Trinajstić information content (AvgIpc) is 1.80. The number of rotatable bonds is 2. The van der Waals surface area contributed by atoms with Crippen LogP contribution in [-0.2, 0) is 0 Å².